The molecule has 8 heteroatoms. The summed E-state index contributed by atoms with van der Waals surface area (Å²) in [6, 6.07) is 1.95. The van der Waals surface area contributed by atoms with Crippen molar-refractivity contribution in [2.24, 2.45) is 0 Å². The SMILES string of the molecule is CCc1c(C)sc(NC(=S)NCc2ccn(CC)n2)c1C(=O)OC. The second-order valence-electron chi connectivity index (χ2n) is 5.16. The number of hydrogen-bond donors (Lipinski definition) is 2. The molecule has 0 saturated heterocycles. The number of ether oxygens (including phenoxy) is 1. The van der Waals surface area contributed by atoms with Gasteiger partial charge in [0, 0.05) is 17.6 Å². The van der Waals surface area contributed by atoms with E-state index in [0.717, 1.165) is 29.1 Å². The number of nitrogens with zero attached hydrogens (tertiary/aromatic N) is 2. The molecule has 0 aliphatic carbocycles. The highest BCUT2D eigenvalue weighted by molar-refractivity contribution is 7.80. The van der Waals surface area contributed by atoms with Gasteiger partial charge in [0.25, 0.3) is 0 Å². The van der Waals surface area contributed by atoms with Crippen molar-refractivity contribution in [3.05, 3.63) is 34.0 Å². The predicted molar refractivity (Wildman–Crippen MR) is 101 cm³/mol. The topological polar surface area (TPSA) is 68.2 Å². The van der Waals surface area contributed by atoms with E-state index in [1.54, 1.807) is 0 Å². The number of aromatic nitrogens is 2. The van der Waals surface area contributed by atoms with Gasteiger partial charge in [-0.15, -0.1) is 11.3 Å². The maximum absolute atomic E-state index is 12.1. The Balaban J connectivity index is 2.07. The molecule has 0 aliphatic rings. The lowest BCUT2D eigenvalue weighted by Gasteiger charge is -2.10. The molecule has 0 spiro atoms. The monoisotopic (exact) mass is 366 g/mol. The first-order chi connectivity index (χ1) is 11.5. The second kappa shape index (κ2) is 8.25. The maximum Gasteiger partial charge on any atom is 0.341 e. The Morgan fingerprint density at radius 1 is 1.46 bits per heavy atom. The number of carbonyl (C=O) groups excluding carboxylic acids is 1. The minimum absolute atomic E-state index is 0.344. The molecule has 2 aromatic rings. The van der Waals surface area contributed by atoms with E-state index in [-0.39, 0.29) is 5.97 Å². The highest BCUT2D eigenvalue weighted by atomic mass is 32.1. The molecule has 0 fully saturated rings. The molecule has 0 aromatic carbocycles. The number of methoxy groups -OCH3 is 1. The van der Waals surface area contributed by atoms with E-state index < -0.39 is 0 Å². The first-order valence-corrected chi connectivity index (χ1v) is 9.00. The van der Waals surface area contributed by atoms with Crippen LogP contribution in [-0.4, -0.2) is 28.0 Å². The highest BCUT2D eigenvalue weighted by Crippen LogP contribution is 2.33. The van der Waals surface area contributed by atoms with Crippen LogP contribution in [0.4, 0.5) is 5.00 Å². The van der Waals surface area contributed by atoms with Crippen molar-refractivity contribution in [1.82, 2.24) is 15.1 Å². The fourth-order valence-electron chi connectivity index (χ4n) is 2.40. The van der Waals surface area contributed by atoms with Crippen molar-refractivity contribution in [3.63, 3.8) is 0 Å². The Hall–Kier alpha value is -1.93. The quantitative estimate of drug-likeness (QED) is 0.605. The molecule has 130 valence electrons. The number of hydrogen-bond acceptors (Lipinski definition) is 5. The number of thiophene rings is 1. The minimum Gasteiger partial charge on any atom is -0.465 e. The van der Waals surface area contributed by atoms with Crippen LogP contribution in [0.3, 0.4) is 0 Å². The summed E-state index contributed by atoms with van der Waals surface area (Å²) in [6.45, 7) is 7.41. The second-order valence-corrected chi connectivity index (χ2v) is 6.79. The predicted octanol–water partition coefficient (Wildman–Crippen LogP) is 3.11. The summed E-state index contributed by atoms with van der Waals surface area (Å²) in [4.78, 5) is 13.2. The van der Waals surface area contributed by atoms with E-state index in [0.29, 0.717) is 22.2 Å². The van der Waals surface area contributed by atoms with E-state index in [1.165, 1.54) is 18.4 Å². The van der Waals surface area contributed by atoms with Gasteiger partial charge in [-0.25, -0.2) is 4.79 Å². The van der Waals surface area contributed by atoms with Gasteiger partial charge in [0.05, 0.1) is 24.9 Å². The van der Waals surface area contributed by atoms with Crippen molar-refractivity contribution < 1.29 is 9.53 Å². The fraction of sp³-hybridized carbons (Fsp3) is 0.438. The van der Waals surface area contributed by atoms with Crippen molar-refractivity contribution in [2.45, 2.75) is 40.3 Å². The Kier molecular flexibility index (Phi) is 6.33. The lowest BCUT2D eigenvalue weighted by Crippen LogP contribution is -2.28. The number of rotatable bonds is 6. The number of nitrogens with one attached hydrogen (secondary N) is 2. The van der Waals surface area contributed by atoms with Crippen LogP contribution in [-0.2, 0) is 24.2 Å². The van der Waals surface area contributed by atoms with Gasteiger partial charge in [-0.2, -0.15) is 5.10 Å². The molecule has 0 amide bonds. The van der Waals surface area contributed by atoms with Crippen LogP contribution in [0, 0.1) is 6.92 Å². The molecule has 0 aliphatic heterocycles. The average Bonchev–Trinajstić information content (AvgIpc) is 3.15. The summed E-state index contributed by atoms with van der Waals surface area (Å²) in [5.41, 5.74) is 2.48. The summed E-state index contributed by atoms with van der Waals surface area (Å²) in [5, 5.41) is 11.8. The molecule has 6 nitrogen and oxygen atoms in total. The lowest BCUT2D eigenvalue weighted by atomic mass is 10.1. The lowest BCUT2D eigenvalue weighted by molar-refractivity contribution is 0.0601. The Morgan fingerprint density at radius 2 is 2.21 bits per heavy atom. The molecule has 0 unspecified atom stereocenters. The van der Waals surface area contributed by atoms with E-state index in [1.807, 2.05) is 37.7 Å². The van der Waals surface area contributed by atoms with Gasteiger partial charge in [-0.05, 0) is 44.1 Å². The molecule has 0 saturated carbocycles. The molecule has 24 heavy (non-hydrogen) atoms. The molecule has 0 radical (unpaired) electrons. The van der Waals surface area contributed by atoms with Gasteiger partial charge >= 0.3 is 5.97 Å². The number of aryl methyl sites for hydroxylation is 2. The first-order valence-electron chi connectivity index (χ1n) is 7.77. The number of carbonyl (C=O) groups is 1. The summed E-state index contributed by atoms with van der Waals surface area (Å²) in [7, 11) is 1.39. The molecular weight excluding hydrogens is 344 g/mol. The van der Waals surface area contributed by atoms with Gasteiger partial charge < -0.3 is 15.4 Å². The van der Waals surface area contributed by atoms with Gasteiger partial charge in [0.1, 0.15) is 5.00 Å². The largest absolute Gasteiger partial charge is 0.465 e. The zero-order chi connectivity index (χ0) is 17.7. The number of anilines is 1. The van der Waals surface area contributed by atoms with E-state index >= 15 is 0 Å². The van der Waals surface area contributed by atoms with Crippen molar-refractivity contribution in [3.8, 4) is 0 Å². The molecule has 0 atom stereocenters. The third-order valence-corrected chi connectivity index (χ3v) is 4.94. The summed E-state index contributed by atoms with van der Waals surface area (Å²) >= 11 is 6.85. The minimum atomic E-state index is -0.344. The average molecular weight is 367 g/mol. The smallest absolute Gasteiger partial charge is 0.341 e. The Morgan fingerprint density at radius 3 is 2.79 bits per heavy atom. The van der Waals surface area contributed by atoms with Gasteiger partial charge in [-0.1, -0.05) is 6.92 Å². The standard InChI is InChI=1S/C16H22N4O2S2/c1-5-12-10(3)24-14(13(12)15(21)22-4)18-16(23)17-9-11-7-8-20(6-2)19-11/h7-8H,5-6,9H2,1-4H3,(H2,17,18,23). The van der Waals surface area contributed by atoms with Crippen LogP contribution < -0.4 is 10.6 Å². The molecule has 2 aromatic heterocycles. The summed E-state index contributed by atoms with van der Waals surface area (Å²) in [6.07, 6.45) is 2.70. The van der Waals surface area contributed by atoms with Crippen LogP contribution in [0.25, 0.3) is 0 Å². The third-order valence-electron chi connectivity index (χ3n) is 3.63. The number of thiocarbonyl (C=S) groups is 1. The summed E-state index contributed by atoms with van der Waals surface area (Å²) < 4.78 is 6.77. The molecule has 2 heterocycles. The van der Waals surface area contributed by atoms with Crippen LogP contribution in [0.2, 0.25) is 0 Å². The van der Waals surface area contributed by atoms with E-state index in [9.17, 15) is 4.79 Å². The normalized spacial score (nSPS) is 10.5. The Labute approximate surface area is 151 Å². The number of esters is 1. The van der Waals surface area contributed by atoms with Crippen molar-refractivity contribution >= 4 is 39.6 Å². The fourth-order valence-corrected chi connectivity index (χ4v) is 3.78. The highest BCUT2D eigenvalue weighted by Gasteiger charge is 2.22. The Bertz CT molecular complexity index is 737. The van der Waals surface area contributed by atoms with Crippen molar-refractivity contribution in [2.75, 3.05) is 12.4 Å². The van der Waals surface area contributed by atoms with Gasteiger partial charge in [0.15, 0.2) is 5.11 Å². The van der Waals surface area contributed by atoms with E-state index in [4.69, 9.17) is 17.0 Å². The molecule has 2 rings (SSSR count). The van der Waals surface area contributed by atoms with Crippen LogP contribution in [0.5, 0.6) is 0 Å². The van der Waals surface area contributed by atoms with E-state index in [2.05, 4.69) is 15.7 Å². The zero-order valence-corrected chi connectivity index (χ0v) is 15.9. The molecule has 2 N–H and O–H groups in total. The van der Waals surface area contributed by atoms with Gasteiger partial charge in [-0.3, -0.25) is 4.68 Å². The molecule has 0 bridgehead atoms. The first kappa shape index (κ1) is 18.4. The van der Waals surface area contributed by atoms with Crippen LogP contribution >= 0.6 is 23.6 Å². The molecular formula is C16H22N4O2S2. The zero-order valence-electron chi connectivity index (χ0n) is 14.3. The van der Waals surface area contributed by atoms with Crippen LogP contribution in [0.1, 0.15) is 40.3 Å². The third kappa shape index (κ3) is 4.12. The van der Waals surface area contributed by atoms with Crippen LogP contribution in [0.15, 0.2) is 12.3 Å². The summed E-state index contributed by atoms with van der Waals surface area (Å²) in [5.74, 6) is -0.344. The maximum atomic E-state index is 12.1. The van der Waals surface area contributed by atoms with Gasteiger partial charge in [0.2, 0.25) is 0 Å². The van der Waals surface area contributed by atoms with Crippen molar-refractivity contribution in [1.29, 1.82) is 0 Å².